The quantitative estimate of drug-likeness (QED) is 0.519. The molecule has 1 atom stereocenters. The fourth-order valence-electron chi connectivity index (χ4n) is 4.15. The second kappa shape index (κ2) is 6.93. The molecule has 0 saturated carbocycles. The average molecular weight is 387 g/mol. The lowest BCUT2D eigenvalue weighted by Crippen LogP contribution is -2.23. The summed E-state index contributed by atoms with van der Waals surface area (Å²) in [6.45, 7) is 1.39. The van der Waals surface area contributed by atoms with Crippen LogP contribution in [-0.4, -0.2) is 9.88 Å². The van der Waals surface area contributed by atoms with E-state index in [1.807, 2.05) is 54.6 Å². The van der Waals surface area contributed by atoms with Gasteiger partial charge in [-0.05, 0) is 35.4 Å². The number of halogens is 1. The smallest absolute Gasteiger partial charge is 0.194 e. The van der Waals surface area contributed by atoms with Gasteiger partial charge in [0.1, 0.15) is 0 Å². The Kier molecular flexibility index (Phi) is 4.27. The molecule has 0 radical (unpaired) electrons. The maximum atomic E-state index is 13.2. The molecule has 1 aliphatic rings. The monoisotopic (exact) mass is 386 g/mol. The Morgan fingerprint density at radius 1 is 0.929 bits per heavy atom. The first-order chi connectivity index (χ1) is 13.7. The van der Waals surface area contributed by atoms with E-state index in [2.05, 4.69) is 34.1 Å². The van der Waals surface area contributed by atoms with Crippen molar-refractivity contribution in [1.29, 1.82) is 0 Å². The van der Waals surface area contributed by atoms with E-state index in [-0.39, 0.29) is 11.5 Å². The van der Waals surface area contributed by atoms with Crippen LogP contribution in [0.3, 0.4) is 0 Å². The van der Waals surface area contributed by atoms with E-state index in [4.69, 9.17) is 11.6 Å². The first-order valence-electron chi connectivity index (χ1n) is 9.38. The molecule has 0 aliphatic carbocycles. The van der Waals surface area contributed by atoms with Gasteiger partial charge in [0.2, 0.25) is 0 Å². The van der Waals surface area contributed by atoms with Gasteiger partial charge >= 0.3 is 0 Å². The van der Waals surface area contributed by atoms with Crippen LogP contribution in [0.2, 0.25) is 5.02 Å². The highest BCUT2D eigenvalue weighted by atomic mass is 35.5. The Balaban J connectivity index is 1.67. The van der Waals surface area contributed by atoms with E-state index < -0.39 is 0 Å². The van der Waals surface area contributed by atoms with Gasteiger partial charge in [-0.15, -0.1) is 0 Å². The van der Waals surface area contributed by atoms with Crippen LogP contribution >= 0.6 is 11.6 Å². The zero-order chi connectivity index (χ0) is 19.1. The van der Waals surface area contributed by atoms with E-state index in [9.17, 15) is 4.79 Å². The van der Waals surface area contributed by atoms with E-state index in [1.54, 1.807) is 0 Å². The number of nitrogens with zero attached hydrogens (tertiary/aromatic N) is 1. The van der Waals surface area contributed by atoms with Gasteiger partial charge < -0.3 is 4.98 Å². The minimum absolute atomic E-state index is 0.00946. The van der Waals surface area contributed by atoms with Gasteiger partial charge in [0, 0.05) is 40.3 Å². The summed E-state index contributed by atoms with van der Waals surface area (Å²) in [6.07, 6.45) is 0. The molecule has 1 unspecified atom stereocenters. The first kappa shape index (κ1) is 17.2. The SMILES string of the molecule is O=c1c2c([nH]c3ccccc13)C(c1ccc(Cl)cc1)N(Cc1ccccc1)C2. The molecule has 3 aromatic carbocycles. The number of rotatable bonds is 3. The Hall–Kier alpha value is -2.88. The van der Waals surface area contributed by atoms with Gasteiger partial charge in [0.25, 0.3) is 0 Å². The van der Waals surface area contributed by atoms with Crippen LogP contribution in [0.1, 0.15) is 28.4 Å². The lowest BCUT2D eigenvalue weighted by Gasteiger charge is -2.25. The molecule has 3 nitrogen and oxygen atoms in total. The predicted molar refractivity (Wildman–Crippen MR) is 114 cm³/mol. The van der Waals surface area contributed by atoms with Crippen LogP contribution in [-0.2, 0) is 13.1 Å². The number of hydrogen-bond donors (Lipinski definition) is 1. The highest BCUT2D eigenvalue weighted by Crippen LogP contribution is 2.38. The van der Waals surface area contributed by atoms with Crippen molar-refractivity contribution in [3.05, 3.63) is 116 Å². The number of benzene rings is 3. The molecule has 0 spiro atoms. The molecule has 138 valence electrons. The summed E-state index contributed by atoms with van der Waals surface area (Å²) in [5.41, 5.74) is 5.21. The van der Waals surface area contributed by atoms with Crippen molar-refractivity contribution in [3.63, 3.8) is 0 Å². The Morgan fingerprint density at radius 3 is 2.43 bits per heavy atom. The van der Waals surface area contributed by atoms with Crippen LogP contribution in [0, 0.1) is 0 Å². The number of hydrogen-bond acceptors (Lipinski definition) is 2. The minimum Gasteiger partial charge on any atom is -0.356 e. The third-order valence-corrected chi connectivity index (χ3v) is 5.71. The van der Waals surface area contributed by atoms with Gasteiger partial charge in [-0.3, -0.25) is 9.69 Å². The van der Waals surface area contributed by atoms with E-state index in [1.165, 1.54) is 5.56 Å². The predicted octanol–water partition coefficient (Wildman–Crippen LogP) is 5.29. The molecule has 0 fully saturated rings. The molecule has 4 heteroatoms. The standard InChI is InChI=1S/C24H19ClN2O/c25-18-12-10-17(11-13-18)23-22-20(15-27(23)14-16-6-2-1-3-7-16)24(28)19-8-4-5-9-21(19)26-22/h1-13,23H,14-15H2,(H,26,28). The van der Waals surface area contributed by atoms with Crippen molar-refractivity contribution in [1.82, 2.24) is 9.88 Å². The molecule has 4 aromatic rings. The molecule has 2 heterocycles. The second-order valence-corrected chi connectivity index (χ2v) is 7.67. The summed E-state index contributed by atoms with van der Waals surface area (Å²) in [5.74, 6) is 0. The zero-order valence-corrected chi connectivity index (χ0v) is 16.0. The maximum Gasteiger partial charge on any atom is 0.194 e. The summed E-state index contributed by atoms with van der Waals surface area (Å²) in [5, 5.41) is 1.46. The lowest BCUT2D eigenvalue weighted by molar-refractivity contribution is 0.233. The number of pyridine rings is 1. The molecule has 1 aromatic heterocycles. The molecule has 0 bridgehead atoms. The van der Waals surface area contributed by atoms with Crippen LogP contribution in [0.15, 0.2) is 83.7 Å². The van der Waals surface area contributed by atoms with Gasteiger partial charge in [0.15, 0.2) is 5.43 Å². The van der Waals surface area contributed by atoms with Gasteiger partial charge in [-0.25, -0.2) is 0 Å². The number of para-hydroxylation sites is 1. The van der Waals surface area contributed by atoms with Crippen molar-refractivity contribution in [2.24, 2.45) is 0 Å². The van der Waals surface area contributed by atoms with Crippen LogP contribution in [0.5, 0.6) is 0 Å². The lowest BCUT2D eigenvalue weighted by atomic mass is 10.0. The summed E-state index contributed by atoms with van der Waals surface area (Å²) in [4.78, 5) is 19.1. The molecule has 0 saturated heterocycles. The normalized spacial score (nSPS) is 16.4. The molecule has 1 aliphatic heterocycles. The van der Waals surface area contributed by atoms with Crippen molar-refractivity contribution in [2.75, 3.05) is 0 Å². The number of H-pyrrole nitrogens is 1. The van der Waals surface area contributed by atoms with Gasteiger partial charge in [0.05, 0.1) is 6.04 Å². The molecule has 1 N–H and O–H groups in total. The van der Waals surface area contributed by atoms with E-state index >= 15 is 0 Å². The Labute approximate surface area is 168 Å². The molecule has 0 amide bonds. The third kappa shape index (κ3) is 2.93. The zero-order valence-electron chi connectivity index (χ0n) is 15.2. The largest absolute Gasteiger partial charge is 0.356 e. The van der Waals surface area contributed by atoms with Crippen LogP contribution in [0.25, 0.3) is 10.9 Å². The number of nitrogens with one attached hydrogen (secondary N) is 1. The Bertz CT molecular complexity index is 1200. The van der Waals surface area contributed by atoms with E-state index in [0.29, 0.717) is 11.6 Å². The number of aromatic nitrogens is 1. The second-order valence-electron chi connectivity index (χ2n) is 7.24. The summed E-state index contributed by atoms with van der Waals surface area (Å²) < 4.78 is 0. The summed E-state index contributed by atoms with van der Waals surface area (Å²) in [7, 11) is 0. The highest BCUT2D eigenvalue weighted by molar-refractivity contribution is 6.30. The van der Waals surface area contributed by atoms with Crippen molar-refractivity contribution in [3.8, 4) is 0 Å². The highest BCUT2D eigenvalue weighted by Gasteiger charge is 2.34. The van der Waals surface area contributed by atoms with Crippen LogP contribution in [0.4, 0.5) is 0 Å². The summed E-state index contributed by atoms with van der Waals surface area (Å²) in [6, 6.07) is 26.0. The fourth-order valence-corrected chi connectivity index (χ4v) is 4.28. The van der Waals surface area contributed by atoms with Crippen molar-refractivity contribution < 1.29 is 0 Å². The van der Waals surface area contributed by atoms with Gasteiger partial charge in [-0.1, -0.05) is 66.2 Å². The fraction of sp³-hybridized carbons (Fsp3) is 0.125. The first-order valence-corrected chi connectivity index (χ1v) is 9.76. The molecular formula is C24H19ClN2O. The van der Waals surface area contributed by atoms with Gasteiger partial charge in [-0.2, -0.15) is 0 Å². The molecule has 5 rings (SSSR count). The Morgan fingerprint density at radius 2 is 1.64 bits per heavy atom. The van der Waals surface area contributed by atoms with E-state index in [0.717, 1.165) is 34.3 Å². The molecule has 28 heavy (non-hydrogen) atoms. The number of aromatic amines is 1. The van der Waals surface area contributed by atoms with Crippen molar-refractivity contribution >= 4 is 22.5 Å². The average Bonchev–Trinajstić information content (AvgIpc) is 3.08. The number of fused-ring (bicyclic) bond motifs is 2. The minimum atomic E-state index is -0.00946. The molecular weight excluding hydrogens is 368 g/mol. The topological polar surface area (TPSA) is 36.1 Å². The third-order valence-electron chi connectivity index (χ3n) is 5.45. The van der Waals surface area contributed by atoms with Crippen molar-refractivity contribution in [2.45, 2.75) is 19.1 Å². The maximum absolute atomic E-state index is 13.2. The summed E-state index contributed by atoms with van der Waals surface area (Å²) >= 11 is 6.12. The van der Waals surface area contributed by atoms with Crippen LogP contribution < -0.4 is 5.43 Å².